The van der Waals surface area contributed by atoms with E-state index >= 15 is 0 Å². The summed E-state index contributed by atoms with van der Waals surface area (Å²) in [6, 6.07) is 6.20. The second-order valence-corrected chi connectivity index (χ2v) is 4.81. The zero-order valence-corrected chi connectivity index (χ0v) is 12.0. The molecule has 2 atom stereocenters. The molecule has 0 bridgehead atoms. The summed E-state index contributed by atoms with van der Waals surface area (Å²) in [5.74, 6) is -0.689. The molecule has 0 aromatic heterocycles. The lowest BCUT2D eigenvalue weighted by atomic mass is 10.1. The first-order valence-electron chi connectivity index (χ1n) is 6.20. The van der Waals surface area contributed by atoms with Crippen LogP contribution in [0, 0.1) is 0 Å². The van der Waals surface area contributed by atoms with Gasteiger partial charge in [-0.3, -0.25) is 0 Å². The van der Waals surface area contributed by atoms with Crippen LogP contribution in [0.1, 0.15) is 16.8 Å². The van der Waals surface area contributed by atoms with Gasteiger partial charge in [-0.2, -0.15) is 0 Å². The quantitative estimate of drug-likeness (QED) is 0.847. The van der Waals surface area contributed by atoms with E-state index in [1.807, 2.05) is 0 Å². The molecule has 1 aromatic rings. The maximum absolute atomic E-state index is 12.1. The van der Waals surface area contributed by atoms with Gasteiger partial charge < -0.3 is 14.6 Å². The van der Waals surface area contributed by atoms with Gasteiger partial charge in [0.2, 0.25) is 6.23 Å². The Morgan fingerprint density at radius 3 is 2.86 bits per heavy atom. The third kappa shape index (κ3) is 3.53. The van der Waals surface area contributed by atoms with E-state index in [9.17, 15) is 14.7 Å². The summed E-state index contributed by atoms with van der Waals surface area (Å²) in [7, 11) is 1.20. The maximum Gasteiger partial charge on any atom is 0.416 e. The molecule has 0 unspecified atom stereocenters. The fourth-order valence-electron chi connectivity index (χ4n) is 1.90. The minimum absolute atomic E-state index is 0.231. The number of rotatable bonds is 2. The number of ether oxygens (including phenoxy) is 2. The zero-order chi connectivity index (χ0) is 15.4. The number of hydrogen-bond acceptors (Lipinski definition) is 5. The number of methoxy groups -OCH3 is 1. The lowest BCUT2D eigenvalue weighted by Crippen LogP contribution is -2.48. The summed E-state index contributed by atoms with van der Waals surface area (Å²) >= 11 is 5.81. The van der Waals surface area contributed by atoms with Crippen molar-refractivity contribution in [2.24, 2.45) is 0 Å². The molecule has 1 N–H and O–H groups in total. The number of aliphatic hydroxyl groups excluding tert-OH is 1. The van der Waals surface area contributed by atoms with Crippen molar-refractivity contribution in [3.05, 3.63) is 47.1 Å². The lowest BCUT2D eigenvalue weighted by Gasteiger charge is -2.33. The molecule has 112 valence electrons. The molecule has 1 aliphatic heterocycles. The standard InChI is InChI=1S/C14H14ClNO5/c1-20-14(19)16-7-3-6-11(17)12(16)21-13(18)9-4-2-5-10(15)8-9/h2-5,7-8,11-12,17H,6H2,1H3/t11-,12+/m0/s1. The van der Waals surface area contributed by atoms with E-state index in [0.717, 1.165) is 4.90 Å². The number of halogens is 1. The van der Waals surface area contributed by atoms with Crippen molar-refractivity contribution in [3.63, 3.8) is 0 Å². The topological polar surface area (TPSA) is 76.1 Å². The van der Waals surface area contributed by atoms with Crippen molar-refractivity contribution in [3.8, 4) is 0 Å². The van der Waals surface area contributed by atoms with E-state index in [1.54, 1.807) is 18.2 Å². The molecule has 7 heteroatoms. The third-order valence-corrected chi connectivity index (χ3v) is 3.16. The summed E-state index contributed by atoms with van der Waals surface area (Å²) in [5, 5.41) is 10.3. The first kappa shape index (κ1) is 15.3. The molecule has 1 aromatic carbocycles. The molecular weight excluding hydrogens is 298 g/mol. The average molecular weight is 312 g/mol. The van der Waals surface area contributed by atoms with E-state index in [-0.39, 0.29) is 12.0 Å². The number of hydrogen-bond donors (Lipinski definition) is 1. The molecule has 0 spiro atoms. The minimum Gasteiger partial charge on any atom is -0.452 e. The molecule has 1 aliphatic rings. The fourth-order valence-corrected chi connectivity index (χ4v) is 2.09. The van der Waals surface area contributed by atoms with Crippen LogP contribution >= 0.6 is 11.6 Å². The Morgan fingerprint density at radius 1 is 1.43 bits per heavy atom. The van der Waals surface area contributed by atoms with Crippen LogP contribution in [0.4, 0.5) is 4.79 Å². The van der Waals surface area contributed by atoms with E-state index < -0.39 is 24.4 Å². The van der Waals surface area contributed by atoms with Gasteiger partial charge in [0.25, 0.3) is 0 Å². The number of nitrogens with zero attached hydrogens (tertiary/aromatic N) is 1. The Bertz CT molecular complexity index is 574. The lowest BCUT2D eigenvalue weighted by molar-refractivity contribution is -0.0759. The van der Waals surface area contributed by atoms with Gasteiger partial charge in [0, 0.05) is 11.2 Å². The van der Waals surface area contributed by atoms with Crippen LogP contribution in [0.15, 0.2) is 36.5 Å². The van der Waals surface area contributed by atoms with Gasteiger partial charge in [-0.05, 0) is 24.6 Å². The average Bonchev–Trinajstić information content (AvgIpc) is 2.48. The number of carbonyl (C=O) groups is 2. The van der Waals surface area contributed by atoms with E-state index in [2.05, 4.69) is 4.74 Å². The highest BCUT2D eigenvalue weighted by molar-refractivity contribution is 6.30. The Balaban J connectivity index is 2.17. The first-order valence-corrected chi connectivity index (χ1v) is 6.58. The van der Waals surface area contributed by atoms with E-state index in [4.69, 9.17) is 16.3 Å². The first-order chi connectivity index (χ1) is 10.0. The van der Waals surface area contributed by atoms with Crippen LogP contribution in [-0.4, -0.2) is 41.5 Å². The van der Waals surface area contributed by atoms with Crippen LogP contribution in [0.25, 0.3) is 0 Å². The highest BCUT2D eigenvalue weighted by atomic mass is 35.5. The van der Waals surface area contributed by atoms with Crippen molar-refractivity contribution < 1.29 is 24.2 Å². The largest absolute Gasteiger partial charge is 0.452 e. The summed E-state index contributed by atoms with van der Waals surface area (Å²) in [4.78, 5) is 24.7. The van der Waals surface area contributed by atoms with Gasteiger partial charge in [0.1, 0.15) is 6.10 Å². The van der Waals surface area contributed by atoms with E-state index in [1.165, 1.54) is 25.4 Å². The SMILES string of the molecule is COC(=O)N1C=CC[C@H](O)[C@H]1OC(=O)c1cccc(Cl)c1. The van der Waals surface area contributed by atoms with Gasteiger partial charge in [0.15, 0.2) is 0 Å². The summed E-state index contributed by atoms with van der Waals surface area (Å²) < 4.78 is 9.79. The monoisotopic (exact) mass is 311 g/mol. The van der Waals surface area contributed by atoms with Crippen LogP contribution in [-0.2, 0) is 9.47 Å². The Hall–Kier alpha value is -2.05. The number of esters is 1. The predicted octanol–water partition coefficient (Wildman–Crippen LogP) is 2.17. The van der Waals surface area contributed by atoms with Crippen LogP contribution in [0.3, 0.4) is 0 Å². The maximum atomic E-state index is 12.1. The van der Waals surface area contributed by atoms with Gasteiger partial charge >= 0.3 is 12.1 Å². The molecular formula is C14H14ClNO5. The van der Waals surface area contributed by atoms with Gasteiger partial charge in [-0.1, -0.05) is 23.7 Å². The molecule has 0 saturated heterocycles. The normalized spacial score (nSPS) is 21.0. The van der Waals surface area contributed by atoms with Gasteiger partial charge in [0.05, 0.1) is 12.7 Å². The molecule has 1 heterocycles. The van der Waals surface area contributed by atoms with Gasteiger partial charge in [-0.15, -0.1) is 0 Å². The van der Waals surface area contributed by atoms with Crippen molar-refractivity contribution in [1.29, 1.82) is 0 Å². The van der Waals surface area contributed by atoms with Crippen LogP contribution in [0.2, 0.25) is 5.02 Å². The minimum atomic E-state index is -1.14. The van der Waals surface area contributed by atoms with Crippen molar-refractivity contribution >= 4 is 23.7 Å². The summed E-state index contributed by atoms with van der Waals surface area (Å²) in [6.07, 6.45) is 0.362. The van der Waals surface area contributed by atoms with Gasteiger partial charge in [-0.25, -0.2) is 14.5 Å². The highest BCUT2D eigenvalue weighted by Gasteiger charge is 2.34. The van der Waals surface area contributed by atoms with Crippen molar-refractivity contribution in [2.45, 2.75) is 18.8 Å². The molecule has 21 heavy (non-hydrogen) atoms. The smallest absolute Gasteiger partial charge is 0.416 e. The van der Waals surface area contributed by atoms with E-state index in [0.29, 0.717) is 5.02 Å². The van der Waals surface area contributed by atoms with Crippen LogP contribution in [0.5, 0.6) is 0 Å². The molecule has 6 nitrogen and oxygen atoms in total. The predicted molar refractivity (Wildman–Crippen MR) is 74.7 cm³/mol. The number of benzene rings is 1. The molecule has 1 amide bonds. The fraction of sp³-hybridized carbons (Fsp3) is 0.286. The Labute approximate surface area is 126 Å². The number of aliphatic hydroxyl groups is 1. The molecule has 0 aliphatic carbocycles. The number of amides is 1. The Morgan fingerprint density at radius 2 is 2.19 bits per heavy atom. The van der Waals surface area contributed by atoms with Crippen molar-refractivity contribution in [1.82, 2.24) is 4.90 Å². The molecule has 0 saturated carbocycles. The number of carbonyl (C=O) groups excluding carboxylic acids is 2. The molecule has 2 rings (SSSR count). The highest BCUT2D eigenvalue weighted by Crippen LogP contribution is 2.20. The Kier molecular flexibility index (Phi) is 4.82. The second-order valence-electron chi connectivity index (χ2n) is 4.37. The summed E-state index contributed by atoms with van der Waals surface area (Å²) in [5.41, 5.74) is 0.231. The summed E-state index contributed by atoms with van der Waals surface area (Å²) in [6.45, 7) is 0. The van der Waals surface area contributed by atoms with Crippen LogP contribution < -0.4 is 0 Å². The van der Waals surface area contributed by atoms with Crippen molar-refractivity contribution in [2.75, 3.05) is 7.11 Å². The second kappa shape index (κ2) is 6.60. The third-order valence-electron chi connectivity index (χ3n) is 2.92. The zero-order valence-electron chi connectivity index (χ0n) is 11.2. The molecule has 0 radical (unpaired) electrons. The molecule has 0 fully saturated rings.